The van der Waals surface area contributed by atoms with Crippen molar-refractivity contribution in [2.45, 2.75) is 6.61 Å². The molecule has 3 N–H and O–H groups in total. The molecule has 0 aliphatic carbocycles. The molecule has 0 spiro atoms. The van der Waals surface area contributed by atoms with Crippen LogP contribution < -0.4 is 10.3 Å². The predicted octanol–water partition coefficient (Wildman–Crippen LogP) is -0.607. The van der Waals surface area contributed by atoms with Gasteiger partial charge in [0.05, 0.1) is 19.0 Å². The first-order valence-corrected chi connectivity index (χ1v) is 3.15. The van der Waals surface area contributed by atoms with Gasteiger partial charge in [-0.3, -0.25) is 5.73 Å². The number of nitrogens with zero attached hydrogens (tertiary/aromatic N) is 1. The average Bonchev–Trinajstić information content (AvgIpc) is 2.05. The molecule has 4 nitrogen and oxygen atoms in total. The Hall–Kier alpha value is -1.42. The Bertz CT molecular complexity index is 256. The zero-order valence-corrected chi connectivity index (χ0v) is 5.90. The zero-order chi connectivity index (χ0) is 8.27. The smallest absolute Gasteiger partial charge is 0.392 e. The molecule has 1 rings (SSSR count). The first-order valence-electron chi connectivity index (χ1n) is 3.15. The number of rotatable bonds is 1. The highest BCUT2D eigenvalue weighted by molar-refractivity contribution is 5.61. The van der Waals surface area contributed by atoms with E-state index in [4.69, 9.17) is 10.8 Å². The number of hydrogen-bond donors (Lipinski definition) is 2. The molecule has 0 saturated carbocycles. The Labute approximate surface area is 63.9 Å². The Morgan fingerprint density at radius 2 is 2.09 bits per heavy atom. The zero-order valence-electron chi connectivity index (χ0n) is 5.90. The Balaban J connectivity index is 2.91. The van der Waals surface area contributed by atoms with Crippen molar-refractivity contribution in [3.63, 3.8) is 0 Å². The Morgan fingerprint density at radius 3 is 2.45 bits per heavy atom. The van der Waals surface area contributed by atoms with E-state index >= 15 is 0 Å². The lowest BCUT2D eigenvalue weighted by atomic mass is 10.3. The largest absolute Gasteiger partial charge is 0.493 e. The van der Waals surface area contributed by atoms with Gasteiger partial charge in [-0.2, -0.15) is 9.36 Å². The number of aliphatic hydroxyl groups is 1. The molecule has 0 fully saturated rings. The summed E-state index contributed by atoms with van der Waals surface area (Å²) >= 11 is 0. The number of hydrogen-bond acceptors (Lipinski definition) is 2. The summed E-state index contributed by atoms with van der Waals surface area (Å²) in [7, 11) is 0. The van der Waals surface area contributed by atoms with E-state index in [9.17, 15) is 4.79 Å². The van der Waals surface area contributed by atoms with Crippen molar-refractivity contribution >= 4 is 6.03 Å². The summed E-state index contributed by atoms with van der Waals surface area (Å²) in [5, 5.41) is 8.64. The first-order chi connectivity index (χ1) is 5.24. The predicted molar refractivity (Wildman–Crippen MR) is 37.5 cm³/mol. The van der Waals surface area contributed by atoms with Gasteiger partial charge in [-0.1, -0.05) is 0 Å². The van der Waals surface area contributed by atoms with E-state index in [2.05, 4.69) is 0 Å². The number of pyridine rings is 1. The van der Waals surface area contributed by atoms with Crippen LogP contribution in [0.2, 0.25) is 0 Å². The fourth-order valence-electron chi connectivity index (χ4n) is 0.710. The van der Waals surface area contributed by atoms with E-state index in [1.165, 1.54) is 17.0 Å². The summed E-state index contributed by atoms with van der Waals surface area (Å²) in [5.74, 6) is 0. The number of aliphatic hydroxyl groups excluding tert-OH is 1. The van der Waals surface area contributed by atoms with Gasteiger partial charge in [0.25, 0.3) is 0 Å². The minimum Gasteiger partial charge on any atom is -0.392 e. The van der Waals surface area contributed by atoms with Gasteiger partial charge in [0.15, 0.2) is 0 Å². The lowest BCUT2D eigenvalue weighted by molar-refractivity contribution is -0.569. The minimum atomic E-state index is -0.533. The highest BCUT2D eigenvalue weighted by Gasteiger charge is 2.03. The number of aromatic nitrogens is 1. The number of primary amides is 1. The SMILES string of the molecule is NC(=O)[n+]1ccc(CO)cc1. The molecule has 0 bridgehead atoms. The van der Waals surface area contributed by atoms with Crippen molar-refractivity contribution < 1.29 is 14.5 Å². The number of amides is 1. The van der Waals surface area contributed by atoms with Gasteiger partial charge in [-0.15, -0.1) is 0 Å². The van der Waals surface area contributed by atoms with Crippen LogP contribution in [0.1, 0.15) is 5.56 Å². The summed E-state index contributed by atoms with van der Waals surface area (Å²) in [4.78, 5) is 10.5. The van der Waals surface area contributed by atoms with Crippen LogP contribution in [0.3, 0.4) is 0 Å². The van der Waals surface area contributed by atoms with Gasteiger partial charge in [-0.25, -0.2) is 0 Å². The van der Waals surface area contributed by atoms with Gasteiger partial charge in [0.2, 0.25) is 0 Å². The van der Waals surface area contributed by atoms with E-state index in [0.29, 0.717) is 0 Å². The van der Waals surface area contributed by atoms with Crippen molar-refractivity contribution in [3.8, 4) is 0 Å². The fraction of sp³-hybridized carbons (Fsp3) is 0.143. The van der Waals surface area contributed by atoms with Crippen molar-refractivity contribution in [1.82, 2.24) is 0 Å². The highest BCUT2D eigenvalue weighted by atomic mass is 16.3. The second-order valence-electron chi connectivity index (χ2n) is 2.11. The molecule has 0 aliphatic rings. The Morgan fingerprint density at radius 1 is 1.55 bits per heavy atom. The maximum atomic E-state index is 10.5. The van der Waals surface area contributed by atoms with Crippen LogP contribution in [-0.4, -0.2) is 11.1 Å². The molecule has 0 unspecified atom stereocenters. The fourth-order valence-corrected chi connectivity index (χ4v) is 0.710. The maximum absolute atomic E-state index is 10.5. The maximum Gasteiger partial charge on any atom is 0.493 e. The monoisotopic (exact) mass is 153 g/mol. The second kappa shape index (κ2) is 3.12. The molecule has 0 atom stereocenters. The van der Waals surface area contributed by atoms with Gasteiger partial charge in [0.1, 0.15) is 0 Å². The van der Waals surface area contributed by atoms with Crippen LogP contribution in [0, 0.1) is 0 Å². The third kappa shape index (κ3) is 1.75. The molecule has 0 aliphatic heterocycles. The van der Waals surface area contributed by atoms with Gasteiger partial charge in [-0.05, 0) is 17.7 Å². The van der Waals surface area contributed by atoms with Gasteiger partial charge < -0.3 is 5.11 Å². The lowest BCUT2D eigenvalue weighted by Gasteiger charge is -1.93. The summed E-state index contributed by atoms with van der Waals surface area (Å²) < 4.78 is 1.24. The van der Waals surface area contributed by atoms with Crippen molar-refractivity contribution in [2.75, 3.05) is 0 Å². The molecule has 1 amide bonds. The van der Waals surface area contributed by atoms with Crippen molar-refractivity contribution in [3.05, 3.63) is 30.1 Å². The Kier molecular flexibility index (Phi) is 2.18. The lowest BCUT2D eigenvalue weighted by Crippen LogP contribution is -2.46. The molecular weight excluding hydrogens is 144 g/mol. The van der Waals surface area contributed by atoms with E-state index in [-0.39, 0.29) is 6.61 Å². The third-order valence-electron chi connectivity index (χ3n) is 1.34. The molecule has 0 aromatic carbocycles. The molecule has 1 aromatic rings. The van der Waals surface area contributed by atoms with Crippen molar-refractivity contribution in [1.29, 1.82) is 0 Å². The molecule has 1 aromatic heterocycles. The summed E-state index contributed by atoms with van der Waals surface area (Å²) in [5.41, 5.74) is 5.72. The molecule has 58 valence electrons. The molecular formula is C7H9N2O2+. The van der Waals surface area contributed by atoms with E-state index in [1.54, 1.807) is 12.1 Å². The summed E-state index contributed by atoms with van der Waals surface area (Å²) in [6.45, 7) is -0.0282. The van der Waals surface area contributed by atoms with E-state index in [1.807, 2.05) is 0 Å². The standard InChI is InChI=1S/C7H8N2O2/c8-7(11)9-3-1-6(5-10)2-4-9/h1-4,10H,5H2,(H-,8,11)/p+1. The van der Waals surface area contributed by atoms with Crippen LogP contribution >= 0.6 is 0 Å². The molecule has 4 heteroatoms. The van der Waals surface area contributed by atoms with Crippen LogP contribution in [0.4, 0.5) is 4.79 Å². The number of nitrogens with two attached hydrogens (primary N) is 1. The molecule has 11 heavy (non-hydrogen) atoms. The highest BCUT2D eigenvalue weighted by Crippen LogP contribution is 1.92. The number of carbonyl (C=O) groups is 1. The number of carbonyl (C=O) groups excluding carboxylic acids is 1. The van der Waals surface area contributed by atoms with Crippen LogP contribution in [0.25, 0.3) is 0 Å². The normalized spacial score (nSPS) is 9.55. The van der Waals surface area contributed by atoms with Gasteiger partial charge >= 0.3 is 6.03 Å². The van der Waals surface area contributed by atoms with E-state index < -0.39 is 6.03 Å². The minimum absolute atomic E-state index is 0.0282. The van der Waals surface area contributed by atoms with Crippen LogP contribution in [-0.2, 0) is 6.61 Å². The van der Waals surface area contributed by atoms with Crippen LogP contribution in [0.5, 0.6) is 0 Å². The third-order valence-corrected chi connectivity index (χ3v) is 1.34. The molecule has 0 saturated heterocycles. The van der Waals surface area contributed by atoms with Crippen LogP contribution in [0.15, 0.2) is 24.5 Å². The second-order valence-corrected chi connectivity index (χ2v) is 2.11. The quantitative estimate of drug-likeness (QED) is 0.529. The molecule has 1 heterocycles. The average molecular weight is 153 g/mol. The molecule has 0 radical (unpaired) electrons. The summed E-state index contributed by atoms with van der Waals surface area (Å²) in [6, 6.07) is 2.73. The summed E-state index contributed by atoms with van der Waals surface area (Å²) in [6.07, 6.45) is 3.02. The topological polar surface area (TPSA) is 67.2 Å². The van der Waals surface area contributed by atoms with E-state index in [0.717, 1.165) is 5.56 Å². The first kappa shape index (κ1) is 7.68. The van der Waals surface area contributed by atoms with Gasteiger partial charge in [0, 0.05) is 0 Å². The van der Waals surface area contributed by atoms with Crippen molar-refractivity contribution in [2.24, 2.45) is 5.73 Å².